The van der Waals surface area contributed by atoms with Crippen LogP contribution in [0.2, 0.25) is 5.02 Å². The van der Waals surface area contributed by atoms with Crippen LogP contribution in [0.25, 0.3) is 20.4 Å². The first-order valence-corrected chi connectivity index (χ1v) is 12.3. The molecule has 0 radical (unpaired) electrons. The van der Waals surface area contributed by atoms with E-state index in [-0.39, 0.29) is 11.6 Å². The first-order chi connectivity index (χ1) is 16.1. The van der Waals surface area contributed by atoms with Gasteiger partial charge in [-0.2, -0.15) is 0 Å². The van der Waals surface area contributed by atoms with Gasteiger partial charge in [-0.25, -0.2) is 4.79 Å². The first kappa shape index (κ1) is 20.9. The van der Waals surface area contributed by atoms with E-state index in [1.165, 1.54) is 27.0 Å². The first-order valence-electron chi connectivity index (χ1n) is 11.2. The third-order valence-electron chi connectivity index (χ3n) is 7.20. The monoisotopic (exact) mass is 482 g/mol. The SMILES string of the molecule is COc1cccc2c1CC[C@H]1CNC(CCn3c(=O)[nH]c4c(sc5c(Cl)ccnc54)c3=O)[C@@H]21. The zero-order chi connectivity index (χ0) is 22.7. The standard InChI is InChI=1S/C24H23ClN4O3S/c1-32-17-4-2-3-14-13(17)6-5-12-11-27-16(18(12)14)8-10-29-23(30)22-20(28-24(29)31)19-21(33-22)15(25)7-9-26-19/h2-4,7,9,12,16,18,27H,5-6,8,10-11H2,1H3,(H,28,31)/t12-,16?,18+/m0/s1. The summed E-state index contributed by atoms with van der Waals surface area (Å²) in [6.45, 7) is 1.30. The Morgan fingerprint density at radius 2 is 2.15 bits per heavy atom. The zero-order valence-corrected chi connectivity index (χ0v) is 19.6. The summed E-state index contributed by atoms with van der Waals surface area (Å²) >= 11 is 7.57. The number of pyridine rings is 1. The van der Waals surface area contributed by atoms with Crippen molar-refractivity contribution in [2.75, 3.05) is 13.7 Å². The Morgan fingerprint density at radius 1 is 1.27 bits per heavy atom. The second-order valence-electron chi connectivity index (χ2n) is 8.82. The average Bonchev–Trinajstić information content (AvgIpc) is 3.41. The zero-order valence-electron chi connectivity index (χ0n) is 18.1. The summed E-state index contributed by atoms with van der Waals surface area (Å²) in [5, 5.41) is 4.19. The van der Waals surface area contributed by atoms with Crippen LogP contribution in [0.3, 0.4) is 0 Å². The lowest BCUT2D eigenvalue weighted by atomic mass is 9.73. The summed E-state index contributed by atoms with van der Waals surface area (Å²) in [4.78, 5) is 33.3. The molecule has 1 aromatic carbocycles. The topological polar surface area (TPSA) is 89.0 Å². The van der Waals surface area contributed by atoms with Crippen molar-refractivity contribution in [3.63, 3.8) is 0 Å². The normalized spacial score (nSPS) is 21.9. The summed E-state index contributed by atoms with van der Waals surface area (Å²) in [5.74, 6) is 1.87. The van der Waals surface area contributed by atoms with Gasteiger partial charge in [-0.15, -0.1) is 11.3 Å². The summed E-state index contributed by atoms with van der Waals surface area (Å²) in [6.07, 6.45) is 4.41. The molecule has 1 aliphatic heterocycles. The van der Waals surface area contributed by atoms with Crippen LogP contribution in [0.1, 0.15) is 29.9 Å². The molecular formula is C24H23ClN4O3S. The van der Waals surface area contributed by atoms with Crippen LogP contribution in [0.15, 0.2) is 40.1 Å². The molecule has 170 valence electrons. The lowest BCUT2D eigenvalue weighted by Gasteiger charge is -2.32. The maximum absolute atomic E-state index is 13.2. The van der Waals surface area contributed by atoms with Crippen molar-refractivity contribution in [1.29, 1.82) is 0 Å². The lowest BCUT2D eigenvalue weighted by Crippen LogP contribution is -2.37. The summed E-state index contributed by atoms with van der Waals surface area (Å²) in [6, 6.07) is 8.17. The van der Waals surface area contributed by atoms with E-state index in [0.717, 1.165) is 25.1 Å². The number of H-pyrrole nitrogens is 1. The van der Waals surface area contributed by atoms with Crippen LogP contribution in [-0.2, 0) is 13.0 Å². The number of benzene rings is 1. The van der Waals surface area contributed by atoms with Gasteiger partial charge >= 0.3 is 5.69 Å². The van der Waals surface area contributed by atoms with Crippen LogP contribution >= 0.6 is 22.9 Å². The molecule has 0 bridgehead atoms. The van der Waals surface area contributed by atoms with Crippen LogP contribution in [0.4, 0.5) is 0 Å². The molecule has 6 rings (SSSR count). The molecule has 3 atom stereocenters. The van der Waals surface area contributed by atoms with Crippen molar-refractivity contribution in [3.05, 3.63) is 67.4 Å². The van der Waals surface area contributed by atoms with Crippen LogP contribution < -0.4 is 21.3 Å². The van der Waals surface area contributed by atoms with Crippen molar-refractivity contribution in [2.45, 2.75) is 37.8 Å². The summed E-state index contributed by atoms with van der Waals surface area (Å²) in [5.41, 5.74) is 2.97. The van der Waals surface area contributed by atoms with Gasteiger partial charge in [-0.05, 0) is 55.0 Å². The fourth-order valence-electron chi connectivity index (χ4n) is 5.69. The Hall–Kier alpha value is -2.68. The Labute approximate surface area is 198 Å². The van der Waals surface area contributed by atoms with Crippen LogP contribution in [0, 0.1) is 5.92 Å². The molecule has 1 aliphatic carbocycles. The number of halogens is 1. The molecule has 4 heterocycles. The molecule has 33 heavy (non-hydrogen) atoms. The maximum atomic E-state index is 13.2. The number of thiophene rings is 1. The summed E-state index contributed by atoms with van der Waals surface area (Å²) in [7, 11) is 1.72. The highest BCUT2D eigenvalue weighted by molar-refractivity contribution is 7.26. The number of rotatable bonds is 4. The molecule has 0 amide bonds. The van der Waals surface area contributed by atoms with E-state index in [0.29, 0.717) is 50.3 Å². The fourth-order valence-corrected chi connectivity index (χ4v) is 7.02. The molecule has 4 aromatic rings. The number of ether oxygens (including phenoxy) is 1. The minimum Gasteiger partial charge on any atom is -0.496 e. The highest BCUT2D eigenvalue weighted by atomic mass is 35.5. The lowest BCUT2D eigenvalue weighted by molar-refractivity contribution is 0.371. The molecule has 7 nitrogen and oxygen atoms in total. The molecule has 9 heteroatoms. The van der Waals surface area contributed by atoms with E-state index < -0.39 is 5.69 Å². The van der Waals surface area contributed by atoms with Crippen molar-refractivity contribution in [2.24, 2.45) is 5.92 Å². The molecule has 0 saturated carbocycles. The van der Waals surface area contributed by atoms with Crippen molar-refractivity contribution in [1.82, 2.24) is 19.9 Å². The number of methoxy groups -OCH3 is 1. The third kappa shape index (κ3) is 3.23. The number of hydrogen-bond donors (Lipinski definition) is 2. The van der Waals surface area contributed by atoms with Gasteiger partial charge in [0.05, 0.1) is 22.3 Å². The van der Waals surface area contributed by atoms with E-state index in [2.05, 4.69) is 27.4 Å². The molecule has 0 spiro atoms. The number of hydrogen-bond acceptors (Lipinski definition) is 6. The quantitative estimate of drug-likeness (QED) is 0.463. The highest BCUT2D eigenvalue weighted by Crippen LogP contribution is 2.45. The van der Waals surface area contributed by atoms with Gasteiger partial charge in [0.25, 0.3) is 5.56 Å². The van der Waals surface area contributed by atoms with Gasteiger partial charge < -0.3 is 15.0 Å². The minimum atomic E-state index is -0.408. The van der Waals surface area contributed by atoms with Gasteiger partial charge in [0.1, 0.15) is 16.0 Å². The molecular weight excluding hydrogens is 460 g/mol. The Bertz CT molecular complexity index is 1510. The van der Waals surface area contributed by atoms with E-state index in [9.17, 15) is 9.59 Å². The second-order valence-corrected chi connectivity index (χ2v) is 10.2. The van der Waals surface area contributed by atoms with Gasteiger partial charge in [0.15, 0.2) is 0 Å². The van der Waals surface area contributed by atoms with Gasteiger partial charge in [-0.1, -0.05) is 23.7 Å². The molecule has 2 aliphatic rings. The van der Waals surface area contributed by atoms with E-state index in [1.54, 1.807) is 19.4 Å². The number of nitrogens with one attached hydrogen (secondary N) is 2. The molecule has 1 unspecified atom stereocenters. The fraction of sp³-hybridized carbons (Fsp3) is 0.375. The predicted molar refractivity (Wildman–Crippen MR) is 131 cm³/mol. The molecule has 1 saturated heterocycles. The van der Waals surface area contributed by atoms with Gasteiger partial charge in [0, 0.05) is 24.7 Å². The highest BCUT2D eigenvalue weighted by Gasteiger charge is 2.40. The number of fused-ring (bicyclic) bond motifs is 6. The van der Waals surface area contributed by atoms with Crippen LogP contribution in [0.5, 0.6) is 5.75 Å². The number of aromatic nitrogens is 3. The molecule has 1 fully saturated rings. The van der Waals surface area contributed by atoms with Crippen molar-refractivity contribution in [3.8, 4) is 5.75 Å². The van der Waals surface area contributed by atoms with Crippen molar-refractivity contribution >= 4 is 43.4 Å². The maximum Gasteiger partial charge on any atom is 0.328 e. The predicted octanol–water partition coefficient (Wildman–Crippen LogP) is 3.67. The Morgan fingerprint density at radius 3 is 3.00 bits per heavy atom. The summed E-state index contributed by atoms with van der Waals surface area (Å²) < 4.78 is 8.12. The second kappa shape index (κ2) is 7.97. The minimum absolute atomic E-state index is 0.196. The molecule has 2 N–H and O–H groups in total. The van der Waals surface area contributed by atoms with Gasteiger partial charge in [-0.3, -0.25) is 14.3 Å². The smallest absolute Gasteiger partial charge is 0.328 e. The van der Waals surface area contributed by atoms with E-state index in [1.807, 2.05) is 6.07 Å². The Balaban J connectivity index is 1.34. The van der Waals surface area contributed by atoms with Crippen molar-refractivity contribution < 1.29 is 4.74 Å². The number of aromatic amines is 1. The van der Waals surface area contributed by atoms with E-state index in [4.69, 9.17) is 16.3 Å². The largest absolute Gasteiger partial charge is 0.496 e. The number of nitrogens with zero attached hydrogens (tertiary/aromatic N) is 2. The van der Waals surface area contributed by atoms with Crippen LogP contribution in [-0.4, -0.2) is 34.2 Å². The Kier molecular flexibility index (Phi) is 5.05. The molecule has 3 aromatic heterocycles. The third-order valence-corrected chi connectivity index (χ3v) is 8.83. The average molecular weight is 483 g/mol. The van der Waals surface area contributed by atoms with E-state index >= 15 is 0 Å². The van der Waals surface area contributed by atoms with Gasteiger partial charge in [0.2, 0.25) is 0 Å².